The van der Waals surface area contributed by atoms with Crippen molar-refractivity contribution in [2.45, 2.75) is 37.2 Å². The van der Waals surface area contributed by atoms with Crippen LogP contribution in [0, 0.1) is 5.82 Å². The molecule has 3 nitrogen and oxygen atoms in total. The number of thioether (sulfide) groups is 1. The molecule has 19 heavy (non-hydrogen) atoms. The summed E-state index contributed by atoms with van der Waals surface area (Å²) < 4.78 is 13.3. The number of amides is 1. The Balaban J connectivity index is 2.35. The van der Waals surface area contributed by atoms with Gasteiger partial charge in [0, 0.05) is 11.4 Å². The third-order valence-electron chi connectivity index (χ3n) is 2.65. The Labute approximate surface area is 117 Å². The van der Waals surface area contributed by atoms with Crippen molar-refractivity contribution >= 4 is 17.7 Å². The van der Waals surface area contributed by atoms with Gasteiger partial charge in [0.05, 0.1) is 11.4 Å². The van der Waals surface area contributed by atoms with Gasteiger partial charge in [0.15, 0.2) is 0 Å². The lowest BCUT2D eigenvalue weighted by molar-refractivity contribution is -0.119. The summed E-state index contributed by atoms with van der Waals surface area (Å²) in [6, 6.07) is 6.35. The molecule has 1 atom stereocenters. The van der Waals surface area contributed by atoms with Gasteiger partial charge >= 0.3 is 0 Å². The Hall–Kier alpha value is -1.07. The van der Waals surface area contributed by atoms with Gasteiger partial charge in [-0.25, -0.2) is 4.39 Å². The molecule has 0 spiro atoms. The minimum atomic E-state index is -0.882. The predicted molar refractivity (Wildman–Crippen MR) is 75.7 cm³/mol. The fourth-order valence-electron chi connectivity index (χ4n) is 1.67. The monoisotopic (exact) mass is 285 g/mol. The van der Waals surface area contributed by atoms with Crippen molar-refractivity contribution in [3.05, 3.63) is 30.1 Å². The van der Waals surface area contributed by atoms with Crippen LogP contribution in [0.2, 0.25) is 0 Å². The molecule has 106 valence electrons. The van der Waals surface area contributed by atoms with Crippen LogP contribution in [-0.4, -0.2) is 28.9 Å². The molecule has 0 aliphatic rings. The number of carbonyl (C=O) groups is 1. The lowest BCUT2D eigenvalue weighted by atomic mass is 10.0. The minimum Gasteiger partial charge on any atom is -0.388 e. The van der Waals surface area contributed by atoms with Crippen molar-refractivity contribution in [2.75, 3.05) is 12.3 Å². The summed E-state index contributed by atoms with van der Waals surface area (Å²) in [6.45, 7) is 3.89. The maximum Gasteiger partial charge on any atom is 0.230 e. The highest BCUT2D eigenvalue weighted by atomic mass is 32.2. The molecule has 1 aromatic rings. The maximum atomic E-state index is 13.3. The molecule has 0 aliphatic carbocycles. The summed E-state index contributed by atoms with van der Waals surface area (Å²) in [5, 5.41) is 12.6. The summed E-state index contributed by atoms with van der Waals surface area (Å²) in [4.78, 5) is 12.1. The van der Waals surface area contributed by atoms with Crippen LogP contribution < -0.4 is 5.32 Å². The number of benzene rings is 1. The Morgan fingerprint density at radius 3 is 2.79 bits per heavy atom. The maximum absolute atomic E-state index is 13.3. The van der Waals surface area contributed by atoms with Crippen LogP contribution in [0.15, 0.2) is 29.2 Å². The number of rotatable bonds is 7. The van der Waals surface area contributed by atoms with Crippen molar-refractivity contribution in [2.24, 2.45) is 0 Å². The molecule has 1 aromatic carbocycles. The molecule has 0 fully saturated rings. The highest BCUT2D eigenvalue weighted by Crippen LogP contribution is 2.20. The molecule has 0 aliphatic heterocycles. The second-order valence-corrected chi connectivity index (χ2v) is 5.76. The van der Waals surface area contributed by atoms with Crippen molar-refractivity contribution in [1.29, 1.82) is 0 Å². The lowest BCUT2D eigenvalue weighted by Crippen LogP contribution is -2.41. The van der Waals surface area contributed by atoms with E-state index in [-0.39, 0.29) is 24.0 Å². The number of hydrogen-bond acceptors (Lipinski definition) is 3. The highest BCUT2D eigenvalue weighted by molar-refractivity contribution is 8.00. The largest absolute Gasteiger partial charge is 0.388 e. The van der Waals surface area contributed by atoms with Gasteiger partial charge in [0.25, 0.3) is 0 Å². The smallest absolute Gasteiger partial charge is 0.230 e. The fourth-order valence-corrected chi connectivity index (χ4v) is 2.44. The molecule has 2 N–H and O–H groups in total. The first kappa shape index (κ1) is 16.0. The summed E-state index contributed by atoms with van der Waals surface area (Å²) in [5.41, 5.74) is -0.882. The number of hydrogen-bond donors (Lipinski definition) is 2. The van der Waals surface area contributed by atoms with Crippen LogP contribution in [0.3, 0.4) is 0 Å². The number of halogens is 1. The highest BCUT2D eigenvalue weighted by Gasteiger charge is 2.19. The van der Waals surface area contributed by atoms with Crippen molar-refractivity contribution in [3.8, 4) is 0 Å². The summed E-state index contributed by atoms with van der Waals surface area (Å²) >= 11 is 1.15. The Morgan fingerprint density at radius 1 is 1.47 bits per heavy atom. The number of aliphatic hydroxyl groups is 1. The van der Waals surface area contributed by atoms with E-state index in [2.05, 4.69) is 5.32 Å². The minimum absolute atomic E-state index is 0.142. The molecule has 0 bridgehead atoms. The SMILES string of the molecule is CCCC(C)(O)CNC(=O)CSc1ccccc1F. The van der Waals surface area contributed by atoms with E-state index in [1.807, 2.05) is 6.92 Å². The first-order valence-electron chi connectivity index (χ1n) is 6.31. The van der Waals surface area contributed by atoms with Crippen LogP contribution in [0.25, 0.3) is 0 Å². The zero-order chi connectivity index (χ0) is 14.3. The van der Waals surface area contributed by atoms with Gasteiger partial charge in [-0.3, -0.25) is 4.79 Å². The van der Waals surface area contributed by atoms with Gasteiger partial charge in [-0.1, -0.05) is 25.5 Å². The van der Waals surface area contributed by atoms with Gasteiger partial charge in [0.1, 0.15) is 5.82 Å². The van der Waals surface area contributed by atoms with Crippen molar-refractivity contribution in [1.82, 2.24) is 5.32 Å². The standard InChI is InChI=1S/C14H20FNO2S/c1-3-8-14(2,18)10-16-13(17)9-19-12-7-5-4-6-11(12)15/h4-7,18H,3,8-10H2,1-2H3,(H,16,17). The molecule has 5 heteroatoms. The normalized spacial score (nSPS) is 13.9. The molecule has 0 radical (unpaired) electrons. The molecule has 0 saturated heterocycles. The van der Waals surface area contributed by atoms with Gasteiger partial charge in [-0.2, -0.15) is 0 Å². The second kappa shape index (κ2) is 7.50. The van der Waals surface area contributed by atoms with Crippen LogP contribution in [-0.2, 0) is 4.79 Å². The fraction of sp³-hybridized carbons (Fsp3) is 0.500. The first-order chi connectivity index (χ1) is 8.94. The van der Waals surface area contributed by atoms with Gasteiger partial charge in [0.2, 0.25) is 5.91 Å². The van der Waals surface area contributed by atoms with Crippen LogP contribution in [0.1, 0.15) is 26.7 Å². The summed E-state index contributed by atoms with van der Waals surface area (Å²) in [5.74, 6) is -0.383. The van der Waals surface area contributed by atoms with Crippen molar-refractivity contribution < 1.29 is 14.3 Å². The second-order valence-electron chi connectivity index (χ2n) is 4.74. The van der Waals surface area contributed by atoms with Gasteiger partial charge < -0.3 is 10.4 Å². The summed E-state index contributed by atoms with van der Waals surface area (Å²) in [7, 11) is 0. The zero-order valence-corrected chi connectivity index (χ0v) is 12.1. The summed E-state index contributed by atoms with van der Waals surface area (Å²) in [6.07, 6.45) is 1.49. The van der Waals surface area contributed by atoms with E-state index in [4.69, 9.17) is 0 Å². The Morgan fingerprint density at radius 2 is 2.16 bits per heavy atom. The molecule has 0 saturated carbocycles. The first-order valence-corrected chi connectivity index (χ1v) is 7.29. The molecule has 0 aromatic heterocycles. The topological polar surface area (TPSA) is 49.3 Å². The molecule has 0 heterocycles. The molecule has 1 rings (SSSR count). The van der Waals surface area contributed by atoms with Crippen molar-refractivity contribution in [3.63, 3.8) is 0 Å². The molecule has 1 amide bonds. The van der Waals surface area contributed by atoms with E-state index in [0.717, 1.165) is 18.2 Å². The van der Waals surface area contributed by atoms with E-state index in [0.29, 0.717) is 11.3 Å². The number of carbonyl (C=O) groups excluding carboxylic acids is 1. The van der Waals surface area contributed by atoms with Gasteiger partial charge in [-0.15, -0.1) is 11.8 Å². The quantitative estimate of drug-likeness (QED) is 0.757. The zero-order valence-electron chi connectivity index (χ0n) is 11.3. The predicted octanol–water partition coefficient (Wildman–Crippen LogP) is 2.59. The van der Waals surface area contributed by atoms with E-state index < -0.39 is 5.60 Å². The van der Waals surface area contributed by atoms with Crippen LogP contribution in [0.5, 0.6) is 0 Å². The molecular weight excluding hydrogens is 265 g/mol. The van der Waals surface area contributed by atoms with Gasteiger partial charge in [-0.05, 0) is 25.5 Å². The van der Waals surface area contributed by atoms with E-state index >= 15 is 0 Å². The van der Waals surface area contributed by atoms with E-state index in [9.17, 15) is 14.3 Å². The average Bonchev–Trinajstić information content (AvgIpc) is 2.35. The Bertz CT molecular complexity index is 424. The van der Waals surface area contributed by atoms with E-state index in [1.54, 1.807) is 25.1 Å². The average molecular weight is 285 g/mol. The number of nitrogens with one attached hydrogen (secondary N) is 1. The molecule has 1 unspecified atom stereocenters. The van der Waals surface area contributed by atoms with Crippen LogP contribution >= 0.6 is 11.8 Å². The lowest BCUT2D eigenvalue weighted by Gasteiger charge is -2.22. The third-order valence-corrected chi connectivity index (χ3v) is 3.70. The Kier molecular flexibility index (Phi) is 6.31. The third kappa shape index (κ3) is 6.07. The molecular formula is C14H20FNO2S. The van der Waals surface area contributed by atoms with Crippen LogP contribution in [0.4, 0.5) is 4.39 Å². The van der Waals surface area contributed by atoms with E-state index in [1.165, 1.54) is 6.07 Å².